The maximum Gasteiger partial charge on any atom is 0.353 e. The quantitative estimate of drug-likeness (QED) is 0.184. The monoisotopic (exact) mass is 525 g/mol. The Morgan fingerprint density at radius 3 is 2.67 bits per heavy atom. The molecule has 0 aliphatic carbocycles. The zero-order chi connectivity index (χ0) is 26.3. The summed E-state index contributed by atoms with van der Waals surface area (Å²) in [5.74, 6) is -2.69. The predicted octanol–water partition coefficient (Wildman–Crippen LogP) is -1.97. The minimum absolute atomic E-state index is 0.00735. The smallest absolute Gasteiger partial charge is 0.353 e. The van der Waals surface area contributed by atoms with E-state index in [0.29, 0.717) is 37.4 Å². The second kappa shape index (κ2) is 10.7. The first kappa shape index (κ1) is 26.9. The Kier molecular flexibility index (Phi) is 7.95. The van der Waals surface area contributed by atoms with Gasteiger partial charge in [-0.05, 0) is 19.8 Å². The summed E-state index contributed by atoms with van der Waals surface area (Å²) in [4.78, 5) is 53.3. The number of aliphatic hydroxyl groups is 2. The van der Waals surface area contributed by atoms with Crippen LogP contribution in [0.15, 0.2) is 10.6 Å². The molecule has 36 heavy (non-hydrogen) atoms. The number of fused-ring (bicyclic) bond motifs is 1. The fraction of sp³-hybridized carbons (Fsp3) is 0.739. The van der Waals surface area contributed by atoms with Gasteiger partial charge in [0.1, 0.15) is 5.70 Å². The van der Waals surface area contributed by atoms with E-state index in [1.807, 2.05) is 6.92 Å². The van der Waals surface area contributed by atoms with E-state index in [9.17, 15) is 34.5 Å². The van der Waals surface area contributed by atoms with Crippen molar-refractivity contribution in [2.24, 2.45) is 17.6 Å². The fourth-order valence-electron chi connectivity index (χ4n) is 5.72. The van der Waals surface area contributed by atoms with Crippen LogP contribution in [0.1, 0.15) is 33.1 Å². The maximum atomic E-state index is 13.1. The standard InChI is InChI=1S/C23H35N5O7S/c1-10-18-17(11(2)29)22(33)28(18)19(23(34)35)20(10)36-14-6-15(25-8-14)21(32)27-4-3-12(9-27)26-16(31)5-13(30)7-24/h10-15,17-18,25,29-30H,3-9,24H2,1-2H3,(H,26,31)(H,34,35)/t10-,11-,12+,13?,14+,15+,17-,18-/m1/s1. The molecule has 0 aromatic heterocycles. The van der Waals surface area contributed by atoms with Crippen molar-refractivity contribution in [2.75, 3.05) is 26.2 Å². The van der Waals surface area contributed by atoms with E-state index in [1.54, 1.807) is 11.8 Å². The van der Waals surface area contributed by atoms with Crippen LogP contribution in [-0.4, -0.2) is 111 Å². The van der Waals surface area contributed by atoms with Crippen molar-refractivity contribution in [2.45, 2.75) is 68.7 Å². The molecule has 12 nitrogen and oxygen atoms in total. The molecule has 4 heterocycles. The maximum absolute atomic E-state index is 13.1. The molecule has 1 unspecified atom stereocenters. The summed E-state index contributed by atoms with van der Waals surface area (Å²) in [6, 6.07) is -0.949. The number of thioether (sulfide) groups is 1. The number of likely N-dealkylation sites (tertiary alicyclic amines) is 1. The van der Waals surface area contributed by atoms with Gasteiger partial charge in [0.15, 0.2) is 0 Å². The number of hydrogen-bond acceptors (Lipinski definition) is 9. The highest BCUT2D eigenvalue weighted by Gasteiger charge is 2.60. The second-order valence-electron chi connectivity index (χ2n) is 10.1. The Morgan fingerprint density at radius 2 is 2.03 bits per heavy atom. The van der Waals surface area contributed by atoms with E-state index in [0.717, 1.165) is 0 Å². The third-order valence-corrected chi connectivity index (χ3v) is 9.06. The molecule has 8 atom stereocenters. The molecule has 3 saturated heterocycles. The average Bonchev–Trinajstić information content (AvgIpc) is 3.52. The third-order valence-electron chi connectivity index (χ3n) is 7.55. The number of hydrogen-bond donors (Lipinski definition) is 6. The predicted molar refractivity (Wildman–Crippen MR) is 130 cm³/mol. The SMILES string of the molecule is C[C@@H](O)[C@H]1C(=O)N2C(C(=O)O)=C(S[C@@H]3CN[C@H](C(=O)N4CC[C@H](NC(=O)CC(O)CN)C4)C3)[C@H](C)[C@H]12. The zero-order valence-corrected chi connectivity index (χ0v) is 21.2. The highest BCUT2D eigenvalue weighted by atomic mass is 32.2. The molecular formula is C23H35N5O7S. The lowest BCUT2D eigenvalue weighted by Crippen LogP contribution is -2.63. The summed E-state index contributed by atoms with van der Waals surface area (Å²) < 4.78 is 0. The summed E-state index contributed by atoms with van der Waals surface area (Å²) in [6.07, 6.45) is -0.665. The number of carbonyl (C=O) groups is 4. The minimum atomic E-state index is -1.16. The van der Waals surface area contributed by atoms with Gasteiger partial charge in [-0.15, -0.1) is 11.8 Å². The number of carboxylic acids is 1. The van der Waals surface area contributed by atoms with E-state index in [1.165, 1.54) is 16.7 Å². The van der Waals surface area contributed by atoms with E-state index >= 15 is 0 Å². The molecule has 4 aliphatic rings. The lowest BCUT2D eigenvalue weighted by Gasteiger charge is -2.46. The molecular weight excluding hydrogens is 490 g/mol. The Morgan fingerprint density at radius 1 is 1.31 bits per heavy atom. The molecule has 0 saturated carbocycles. The van der Waals surface area contributed by atoms with Gasteiger partial charge in [0, 0.05) is 48.3 Å². The number of nitrogens with one attached hydrogen (secondary N) is 2. The van der Waals surface area contributed by atoms with Crippen LogP contribution in [0.25, 0.3) is 0 Å². The Labute approximate surface area is 213 Å². The molecule has 3 amide bonds. The van der Waals surface area contributed by atoms with Gasteiger partial charge in [-0.1, -0.05) is 6.92 Å². The molecule has 13 heteroatoms. The van der Waals surface area contributed by atoms with Crippen molar-refractivity contribution in [1.29, 1.82) is 0 Å². The van der Waals surface area contributed by atoms with Gasteiger partial charge in [-0.25, -0.2) is 4.79 Å². The molecule has 7 N–H and O–H groups in total. The number of rotatable bonds is 9. The number of amides is 3. The van der Waals surface area contributed by atoms with Gasteiger partial charge in [0.2, 0.25) is 17.7 Å². The molecule has 0 aromatic rings. The summed E-state index contributed by atoms with van der Waals surface area (Å²) in [7, 11) is 0. The van der Waals surface area contributed by atoms with Crippen molar-refractivity contribution in [3.63, 3.8) is 0 Å². The van der Waals surface area contributed by atoms with Crippen LogP contribution >= 0.6 is 11.8 Å². The van der Waals surface area contributed by atoms with Gasteiger partial charge < -0.3 is 41.5 Å². The van der Waals surface area contributed by atoms with Crippen LogP contribution in [0.3, 0.4) is 0 Å². The Hall–Kier alpha value is -2.19. The number of aliphatic hydroxyl groups excluding tert-OH is 2. The highest BCUT2D eigenvalue weighted by Crippen LogP contribution is 2.51. The van der Waals surface area contributed by atoms with Crippen LogP contribution in [0.2, 0.25) is 0 Å². The molecule has 0 aromatic carbocycles. The van der Waals surface area contributed by atoms with Gasteiger partial charge in [0.25, 0.3) is 0 Å². The minimum Gasteiger partial charge on any atom is -0.477 e. The summed E-state index contributed by atoms with van der Waals surface area (Å²) in [5, 5.41) is 35.4. The van der Waals surface area contributed by atoms with Gasteiger partial charge in [0.05, 0.1) is 36.6 Å². The lowest BCUT2D eigenvalue weighted by atomic mass is 9.79. The first-order chi connectivity index (χ1) is 17.0. The van der Waals surface area contributed by atoms with E-state index < -0.39 is 30.1 Å². The number of nitrogens with two attached hydrogens (primary N) is 1. The van der Waals surface area contributed by atoms with Gasteiger partial charge >= 0.3 is 5.97 Å². The third kappa shape index (κ3) is 4.99. The summed E-state index contributed by atoms with van der Waals surface area (Å²) >= 11 is 1.40. The molecule has 0 radical (unpaired) electrons. The van der Waals surface area contributed by atoms with Crippen LogP contribution in [0.4, 0.5) is 0 Å². The van der Waals surface area contributed by atoms with Crippen LogP contribution < -0.4 is 16.4 Å². The van der Waals surface area contributed by atoms with E-state index in [2.05, 4.69) is 10.6 Å². The van der Waals surface area contributed by atoms with Crippen molar-refractivity contribution < 1.29 is 34.5 Å². The largest absolute Gasteiger partial charge is 0.477 e. The van der Waals surface area contributed by atoms with Crippen molar-refractivity contribution in [1.82, 2.24) is 20.4 Å². The Balaban J connectivity index is 1.33. The fourth-order valence-corrected chi connectivity index (χ4v) is 7.20. The topological polar surface area (TPSA) is 186 Å². The van der Waals surface area contributed by atoms with Crippen molar-refractivity contribution >= 4 is 35.5 Å². The number of nitrogens with zero attached hydrogens (tertiary/aromatic N) is 2. The lowest BCUT2D eigenvalue weighted by molar-refractivity contribution is -0.163. The first-order valence-electron chi connectivity index (χ1n) is 12.4. The Bertz CT molecular complexity index is 959. The van der Waals surface area contributed by atoms with Crippen molar-refractivity contribution in [3.8, 4) is 0 Å². The number of carboxylic acid groups (broad SMARTS) is 1. The van der Waals surface area contributed by atoms with E-state index in [4.69, 9.17) is 5.73 Å². The van der Waals surface area contributed by atoms with Gasteiger partial charge in [-0.2, -0.15) is 0 Å². The summed E-state index contributed by atoms with van der Waals surface area (Å²) in [6.45, 7) is 4.87. The zero-order valence-electron chi connectivity index (χ0n) is 20.4. The van der Waals surface area contributed by atoms with Gasteiger partial charge in [-0.3, -0.25) is 14.4 Å². The van der Waals surface area contributed by atoms with Crippen molar-refractivity contribution in [3.05, 3.63) is 10.6 Å². The molecule has 4 rings (SSSR count). The molecule has 3 fully saturated rings. The van der Waals surface area contributed by atoms with Crippen LogP contribution in [0.5, 0.6) is 0 Å². The van der Waals surface area contributed by atoms with E-state index in [-0.39, 0.29) is 59.6 Å². The number of aliphatic carboxylic acids is 1. The molecule has 200 valence electrons. The highest BCUT2D eigenvalue weighted by molar-refractivity contribution is 8.03. The first-order valence-corrected chi connectivity index (χ1v) is 13.3. The number of carbonyl (C=O) groups excluding carboxylic acids is 3. The normalized spacial score (nSPS) is 33.4. The molecule has 0 spiro atoms. The van der Waals surface area contributed by atoms with Crippen LogP contribution in [-0.2, 0) is 19.2 Å². The second-order valence-corrected chi connectivity index (χ2v) is 11.5. The molecule has 4 aliphatic heterocycles. The van der Waals surface area contributed by atoms with Crippen LogP contribution in [0, 0.1) is 11.8 Å². The molecule has 0 bridgehead atoms. The number of β-lactam (4-membered cyclic amide) rings is 1. The summed E-state index contributed by atoms with van der Waals surface area (Å²) in [5.41, 5.74) is 5.34. The average molecular weight is 526 g/mol.